The molecule has 0 aromatic carbocycles. The minimum atomic E-state index is -1.90. The summed E-state index contributed by atoms with van der Waals surface area (Å²) in [6.45, 7) is 20.3. The predicted octanol–water partition coefficient (Wildman–Crippen LogP) is 3.07. The van der Waals surface area contributed by atoms with Crippen LogP contribution < -0.4 is 0 Å². The van der Waals surface area contributed by atoms with Crippen molar-refractivity contribution in [1.82, 2.24) is 0 Å². The van der Waals surface area contributed by atoms with Gasteiger partial charge >= 0.3 is 0 Å². The molecule has 0 atom stereocenters. The largest absolute Gasteiger partial charge is 0.407 e. The van der Waals surface area contributed by atoms with Gasteiger partial charge in [0.1, 0.15) is 0 Å². The molecule has 0 aromatic heterocycles. The highest BCUT2D eigenvalue weighted by Crippen LogP contribution is 2.09. The Hall–Kier alpha value is -0.686. The second-order valence-corrected chi connectivity index (χ2v) is 10.8. The molecular formula is C12H22O2Si2. The van der Waals surface area contributed by atoms with E-state index >= 15 is 0 Å². The zero-order valence-electron chi connectivity index (χ0n) is 10.4. The summed E-state index contributed by atoms with van der Waals surface area (Å²) in [5, 5.41) is 0. The van der Waals surface area contributed by atoms with Gasteiger partial charge in [0.25, 0.3) is 0 Å². The maximum absolute atomic E-state index is 5.74. The average molecular weight is 254 g/mol. The van der Waals surface area contributed by atoms with Crippen LogP contribution in [0.5, 0.6) is 0 Å². The highest BCUT2D eigenvalue weighted by Gasteiger charge is 2.22. The van der Waals surface area contributed by atoms with Crippen molar-refractivity contribution in [2.24, 2.45) is 0 Å². The third-order valence-electron chi connectivity index (χ3n) is 2.53. The molecule has 0 spiro atoms. The zero-order chi connectivity index (χ0) is 12.7. The predicted molar refractivity (Wildman–Crippen MR) is 75.9 cm³/mol. The summed E-state index contributed by atoms with van der Waals surface area (Å²) in [7, 11) is -3.81. The van der Waals surface area contributed by atoms with E-state index in [4.69, 9.17) is 8.85 Å². The maximum Gasteiger partial charge on any atom is 0.237 e. The summed E-state index contributed by atoms with van der Waals surface area (Å²) in [5.74, 6) is 0. The number of rotatable bonds is 9. The minimum Gasteiger partial charge on any atom is -0.407 e. The van der Waals surface area contributed by atoms with Gasteiger partial charge in [-0.15, -0.1) is 26.3 Å². The lowest BCUT2D eigenvalue weighted by molar-refractivity contribution is 0.214. The molecule has 0 N–H and O–H groups in total. The van der Waals surface area contributed by atoms with E-state index in [0.29, 0.717) is 13.2 Å². The molecule has 0 radical (unpaired) electrons. The fourth-order valence-corrected chi connectivity index (χ4v) is 2.78. The highest BCUT2D eigenvalue weighted by molar-refractivity contribution is 6.82. The van der Waals surface area contributed by atoms with Gasteiger partial charge < -0.3 is 8.85 Å². The Morgan fingerprint density at radius 1 is 0.750 bits per heavy atom. The standard InChI is InChI=1S/C12H22O2Si2/c1-7-15(5,8-2)13-11-12-14-16(6,9-3)10-4/h7-10H,1-4,11-12H2,5-6H3. The van der Waals surface area contributed by atoms with Gasteiger partial charge in [-0.2, -0.15) is 0 Å². The Morgan fingerprint density at radius 3 is 1.19 bits per heavy atom. The van der Waals surface area contributed by atoms with Crippen LogP contribution in [0.3, 0.4) is 0 Å². The first-order valence-corrected chi connectivity index (χ1v) is 10.4. The van der Waals surface area contributed by atoms with Gasteiger partial charge in [0.15, 0.2) is 0 Å². The molecule has 16 heavy (non-hydrogen) atoms. The van der Waals surface area contributed by atoms with E-state index in [0.717, 1.165) is 0 Å². The summed E-state index contributed by atoms with van der Waals surface area (Å²) >= 11 is 0. The first-order chi connectivity index (χ1) is 7.45. The molecule has 0 rings (SSSR count). The van der Waals surface area contributed by atoms with Crippen LogP contribution in [0.25, 0.3) is 0 Å². The smallest absolute Gasteiger partial charge is 0.237 e. The van der Waals surface area contributed by atoms with E-state index in [1.807, 2.05) is 35.9 Å². The molecule has 0 saturated heterocycles. The van der Waals surface area contributed by atoms with E-state index < -0.39 is 16.6 Å². The molecule has 0 saturated carbocycles. The SMILES string of the molecule is C=C[Si](C)(C=C)OCCO[Si](C)(C=C)C=C. The fourth-order valence-electron chi connectivity index (χ4n) is 0.926. The molecule has 2 nitrogen and oxygen atoms in total. The second-order valence-electron chi connectivity index (χ2n) is 3.88. The van der Waals surface area contributed by atoms with Crippen molar-refractivity contribution in [2.75, 3.05) is 13.2 Å². The van der Waals surface area contributed by atoms with Crippen molar-refractivity contribution in [3.05, 3.63) is 49.1 Å². The molecule has 0 aromatic rings. The topological polar surface area (TPSA) is 18.5 Å². The first kappa shape index (κ1) is 15.3. The van der Waals surface area contributed by atoms with Crippen molar-refractivity contribution < 1.29 is 8.85 Å². The van der Waals surface area contributed by atoms with Gasteiger partial charge in [0, 0.05) is 0 Å². The normalized spacial score (nSPS) is 11.9. The third-order valence-corrected chi connectivity index (χ3v) is 7.43. The fraction of sp³-hybridized carbons (Fsp3) is 0.333. The van der Waals surface area contributed by atoms with Gasteiger partial charge in [0.2, 0.25) is 16.6 Å². The van der Waals surface area contributed by atoms with Crippen molar-refractivity contribution in [3.8, 4) is 0 Å². The summed E-state index contributed by atoms with van der Waals surface area (Å²) in [4.78, 5) is 0. The summed E-state index contributed by atoms with van der Waals surface area (Å²) < 4.78 is 11.5. The van der Waals surface area contributed by atoms with Crippen LogP contribution in [0.2, 0.25) is 13.1 Å². The van der Waals surface area contributed by atoms with Gasteiger partial charge in [-0.25, -0.2) is 0 Å². The number of hydrogen-bond donors (Lipinski definition) is 0. The minimum absolute atomic E-state index is 0.561. The van der Waals surface area contributed by atoms with Crippen LogP contribution >= 0.6 is 0 Å². The van der Waals surface area contributed by atoms with E-state index in [2.05, 4.69) is 26.3 Å². The lowest BCUT2D eigenvalue weighted by Gasteiger charge is -2.22. The first-order valence-electron chi connectivity index (χ1n) is 5.27. The molecule has 0 aliphatic rings. The molecule has 90 valence electrons. The molecule has 0 heterocycles. The van der Waals surface area contributed by atoms with E-state index in [1.54, 1.807) is 0 Å². The van der Waals surface area contributed by atoms with Crippen molar-refractivity contribution in [3.63, 3.8) is 0 Å². The van der Waals surface area contributed by atoms with Crippen LogP contribution in [0.1, 0.15) is 0 Å². The summed E-state index contributed by atoms with van der Waals surface area (Å²) in [5.41, 5.74) is 7.44. The van der Waals surface area contributed by atoms with Crippen LogP contribution in [-0.2, 0) is 8.85 Å². The van der Waals surface area contributed by atoms with Crippen LogP contribution in [-0.4, -0.2) is 29.8 Å². The van der Waals surface area contributed by atoms with Crippen molar-refractivity contribution in [2.45, 2.75) is 13.1 Å². The lowest BCUT2D eigenvalue weighted by atomic mass is 10.8. The summed E-state index contributed by atoms with van der Waals surface area (Å²) in [6, 6.07) is 0. The summed E-state index contributed by atoms with van der Waals surface area (Å²) in [6.07, 6.45) is 0. The van der Waals surface area contributed by atoms with Crippen LogP contribution in [0.4, 0.5) is 0 Å². The monoisotopic (exact) mass is 254 g/mol. The van der Waals surface area contributed by atoms with Gasteiger partial charge in [0.05, 0.1) is 13.2 Å². The Balaban J connectivity index is 4.01. The lowest BCUT2D eigenvalue weighted by Crippen LogP contribution is -2.35. The van der Waals surface area contributed by atoms with Crippen LogP contribution in [0, 0.1) is 0 Å². The van der Waals surface area contributed by atoms with Crippen molar-refractivity contribution in [1.29, 1.82) is 0 Å². The Labute approximate surface area is 101 Å². The Kier molecular flexibility index (Phi) is 6.51. The Morgan fingerprint density at radius 2 is 1.00 bits per heavy atom. The van der Waals surface area contributed by atoms with E-state index in [1.165, 1.54) is 0 Å². The molecular weight excluding hydrogens is 232 g/mol. The molecule has 0 fully saturated rings. The molecule has 0 bridgehead atoms. The molecule has 4 heteroatoms. The van der Waals surface area contributed by atoms with Gasteiger partial charge in [-0.1, -0.05) is 22.8 Å². The highest BCUT2D eigenvalue weighted by atomic mass is 28.4. The molecule has 0 aliphatic heterocycles. The maximum atomic E-state index is 5.74. The molecule has 0 unspecified atom stereocenters. The average Bonchev–Trinajstić information content (AvgIpc) is 2.34. The van der Waals surface area contributed by atoms with Crippen LogP contribution in [0.15, 0.2) is 49.1 Å². The Bertz CT molecular complexity index is 230. The van der Waals surface area contributed by atoms with Gasteiger partial charge in [-0.3, -0.25) is 0 Å². The second kappa shape index (κ2) is 6.80. The zero-order valence-corrected chi connectivity index (χ0v) is 12.4. The van der Waals surface area contributed by atoms with Gasteiger partial charge in [-0.05, 0) is 13.1 Å². The quantitative estimate of drug-likeness (QED) is 0.465. The molecule has 0 aliphatic carbocycles. The number of hydrogen-bond acceptors (Lipinski definition) is 2. The third kappa shape index (κ3) is 4.89. The van der Waals surface area contributed by atoms with Crippen molar-refractivity contribution >= 4 is 16.6 Å². The van der Waals surface area contributed by atoms with E-state index in [-0.39, 0.29) is 0 Å². The van der Waals surface area contributed by atoms with E-state index in [9.17, 15) is 0 Å². The molecule has 0 amide bonds.